The standard InChI is InChI=1S/C27H36N2O2/c1-21-7-5-9-23(19-21)27(14-3-4-15-27)26(30)28-24-10-12-25(13-11-24)31-18-17-29-16-6-8-22(2)20-29/h5,7,9-13,19,22H,3-4,6,8,14-18,20H2,1-2H3,(H,28,30). The number of benzene rings is 2. The summed E-state index contributed by atoms with van der Waals surface area (Å²) < 4.78 is 5.95. The van der Waals surface area contributed by atoms with E-state index in [2.05, 4.69) is 48.3 Å². The van der Waals surface area contributed by atoms with Gasteiger partial charge in [-0.15, -0.1) is 0 Å². The fourth-order valence-corrected chi connectivity index (χ4v) is 5.24. The zero-order valence-electron chi connectivity index (χ0n) is 19.0. The summed E-state index contributed by atoms with van der Waals surface area (Å²) in [5, 5.41) is 3.18. The van der Waals surface area contributed by atoms with Crippen LogP contribution in [0.3, 0.4) is 0 Å². The molecular formula is C27H36N2O2. The molecule has 1 aliphatic heterocycles. The molecular weight excluding hydrogens is 384 g/mol. The third-order valence-corrected chi connectivity index (χ3v) is 6.99. The quantitative estimate of drug-likeness (QED) is 0.638. The highest BCUT2D eigenvalue weighted by molar-refractivity contribution is 5.99. The van der Waals surface area contributed by atoms with Crippen molar-refractivity contribution in [2.45, 2.75) is 57.8 Å². The molecule has 2 fully saturated rings. The van der Waals surface area contributed by atoms with Gasteiger partial charge in [0, 0.05) is 18.8 Å². The monoisotopic (exact) mass is 420 g/mol. The topological polar surface area (TPSA) is 41.6 Å². The van der Waals surface area contributed by atoms with Crippen molar-refractivity contribution < 1.29 is 9.53 Å². The van der Waals surface area contributed by atoms with Crippen LogP contribution in [-0.4, -0.2) is 37.0 Å². The highest BCUT2D eigenvalue weighted by Crippen LogP contribution is 2.42. The number of carbonyl (C=O) groups excluding carboxylic acids is 1. The Bertz CT molecular complexity index is 871. The molecule has 0 aromatic heterocycles. The van der Waals surface area contributed by atoms with Crippen LogP contribution in [0.2, 0.25) is 0 Å². The maximum Gasteiger partial charge on any atom is 0.235 e. The fraction of sp³-hybridized carbons (Fsp3) is 0.519. The van der Waals surface area contributed by atoms with Crippen molar-refractivity contribution in [2.75, 3.05) is 31.6 Å². The van der Waals surface area contributed by atoms with Gasteiger partial charge in [0.05, 0.1) is 5.41 Å². The molecule has 1 saturated heterocycles. The fourth-order valence-electron chi connectivity index (χ4n) is 5.24. The van der Waals surface area contributed by atoms with Gasteiger partial charge in [0.15, 0.2) is 0 Å². The van der Waals surface area contributed by atoms with E-state index in [4.69, 9.17) is 4.74 Å². The summed E-state index contributed by atoms with van der Waals surface area (Å²) in [6.45, 7) is 8.46. The number of carbonyl (C=O) groups is 1. The van der Waals surface area contributed by atoms with E-state index in [0.29, 0.717) is 6.61 Å². The average molecular weight is 421 g/mol. The summed E-state index contributed by atoms with van der Waals surface area (Å²) in [4.78, 5) is 15.9. The Kier molecular flexibility index (Phi) is 6.96. The molecule has 1 aliphatic carbocycles. The zero-order chi connectivity index (χ0) is 21.7. The number of rotatable bonds is 7. The minimum atomic E-state index is -0.410. The minimum Gasteiger partial charge on any atom is -0.492 e. The lowest BCUT2D eigenvalue weighted by atomic mass is 9.77. The van der Waals surface area contributed by atoms with Crippen molar-refractivity contribution in [3.63, 3.8) is 0 Å². The molecule has 4 nitrogen and oxygen atoms in total. The van der Waals surface area contributed by atoms with Crippen LogP contribution in [0.15, 0.2) is 48.5 Å². The summed E-state index contributed by atoms with van der Waals surface area (Å²) in [6.07, 6.45) is 6.67. The van der Waals surface area contributed by atoms with Crippen LogP contribution in [0.4, 0.5) is 5.69 Å². The molecule has 1 unspecified atom stereocenters. The molecule has 1 atom stereocenters. The van der Waals surface area contributed by atoms with E-state index in [1.165, 1.54) is 31.5 Å². The van der Waals surface area contributed by atoms with Crippen LogP contribution in [0, 0.1) is 12.8 Å². The van der Waals surface area contributed by atoms with E-state index < -0.39 is 5.41 Å². The number of piperidine rings is 1. The number of likely N-dealkylation sites (tertiary alicyclic amines) is 1. The first-order valence-corrected chi connectivity index (χ1v) is 11.9. The number of hydrogen-bond donors (Lipinski definition) is 1. The van der Waals surface area contributed by atoms with E-state index in [9.17, 15) is 4.79 Å². The van der Waals surface area contributed by atoms with E-state index in [0.717, 1.165) is 55.1 Å². The van der Waals surface area contributed by atoms with E-state index in [1.807, 2.05) is 24.3 Å². The molecule has 166 valence electrons. The molecule has 4 heteroatoms. The molecule has 2 aliphatic rings. The second kappa shape index (κ2) is 9.86. The van der Waals surface area contributed by atoms with E-state index in [1.54, 1.807) is 0 Å². The predicted molar refractivity (Wildman–Crippen MR) is 127 cm³/mol. The molecule has 31 heavy (non-hydrogen) atoms. The maximum atomic E-state index is 13.4. The summed E-state index contributed by atoms with van der Waals surface area (Å²) in [6, 6.07) is 16.3. The lowest BCUT2D eigenvalue weighted by molar-refractivity contribution is -0.121. The number of aryl methyl sites for hydroxylation is 1. The predicted octanol–water partition coefficient (Wildman–Crippen LogP) is 5.56. The zero-order valence-corrected chi connectivity index (χ0v) is 19.0. The van der Waals surface area contributed by atoms with Crippen molar-refractivity contribution in [3.05, 3.63) is 59.7 Å². The third kappa shape index (κ3) is 5.30. The van der Waals surface area contributed by atoms with Gasteiger partial charge in [-0.2, -0.15) is 0 Å². The average Bonchev–Trinajstić information content (AvgIpc) is 3.27. The van der Waals surface area contributed by atoms with Crippen LogP contribution in [-0.2, 0) is 10.2 Å². The molecule has 2 aromatic rings. The second-order valence-electron chi connectivity index (χ2n) is 9.53. The second-order valence-corrected chi connectivity index (χ2v) is 9.53. The number of nitrogens with zero attached hydrogens (tertiary/aromatic N) is 1. The summed E-state index contributed by atoms with van der Waals surface area (Å²) in [7, 11) is 0. The van der Waals surface area contributed by atoms with Crippen molar-refractivity contribution >= 4 is 11.6 Å². The molecule has 2 aromatic carbocycles. The smallest absolute Gasteiger partial charge is 0.235 e. The Labute approximate surface area is 187 Å². The van der Waals surface area contributed by atoms with Crippen LogP contribution >= 0.6 is 0 Å². The Morgan fingerprint density at radius 3 is 2.61 bits per heavy atom. The van der Waals surface area contributed by atoms with Gasteiger partial charge in [-0.3, -0.25) is 9.69 Å². The highest BCUT2D eigenvalue weighted by atomic mass is 16.5. The van der Waals surface area contributed by atoms with Crippen molar-refractivity contribution in [1.82, 2.24) is 4.90 Å². The molecule has 0 spiro atoms. The Morgan fingerprint density at radius 1 is 1.13 bits per heavy atom. The Balaban J connectivity index is 1.34. The SMILES string of the molecule is Cc1cccc(C2(C(=O)Nc3ccc(OCCN4CCCC(C)C4)cc3)CCCC2)c1. The lowest BCUT2D eigenvalue weighted by Gasteiger charge is -2.30. The largest absolute Gasteiger partial charge is 0.492 e. The van der Waals surface area contributed by atoms with Gasteiger partial charge >= 0.3 is 0 Å². The summed E-state index contributed by atoms with van der Waals surface area (Å²) in [5.41, 5.74) is 2.78. The molecule has 1 heterocycles. The molecule has 0 bridgehead atoms. The number of amides is 1. The van der Waals surface area contributed by atoms with Gasteiger partial charge in [-0.05, 0) is 74.9 Å². The first-order chi connectivity index (χ1) is 15.0. The van der Waals surface area contributed by atoms with Gasteiger partial charge < -0.3 is 10.1 Å². The number of hydrogen-bond acceptors (Lipinski definition) is 3. The van der Waals surface area contributed by atoms with Crippen molar-refractivity contribution in [3.8, 4) is 5.75 Å². The van der Waals surface area contributed by atoms with Gasteiger partial charge in [-0.25, -0.2) is 0 Å². The maximum absolute atomic E-state index is 13.4. The minimum absolute atomic E-state index is 0.114. The van der Waals surface area contributed by atoms with E-state index >= 15 is 0 Å². The Morgan fingerprint density at radius 2 is 1.90 bits per heavy atom. The summed E-state index contributed by atoms with van der Waals surface area (Å²) >= 11 is 0. The van der Waals surface area contributed by atoms with Crippen LogP contribution in [0.5, 0.6) is 5.75 Å². The van der Waals surface area contributed by atoms with Crippen LogP contribution in [0.1, 0.15) is 56.6 Å². The molecule has 1 amide bonds. The van der Waals surface area contributed by atoms with Gasteiger partial charge in [-0.1, -0.05) is 49.6 Å². The highest BCUT2D eigenvalue weighted by Gasteiger charge is 2.42. The molecule has 1 N–H and O–H groups in total. The van der Waals surface area contributed by atoms with Gasteiger partial charge in [0.25, 0.3) is 0 Å². The normalized spacial score (nSPS) is 21.0. The molecule has 1 saturated carbocycles. The molecule has 0 radical (unpaired) electrons. The van der Waals surface area contributed by atoms with Crippen molar-refractivity contribution in [2.24, 2.45) is 5.92 Å². The first kappa shape index (κ1) is 21.9. The Hall–Kier alpha value is -2.33. The third-order valence-electron chi connectivity index (χ3n) is 6.99. The number of nitrogens with one attached hydrogen (secondary N) is 1. The van der Waals surface area contributed by atoms with Crippen LogP contribution in [0.25, 0.3) is 0 Å². The first-order valence-electron chi connectivity index (χ1n) is 11.9. The number of anilines is 1. The van der Waals surface area contributed by atoms with Crippen molar-refractivity contribution in [1.29, 1.82) is 0 Å². The number of ether oxygens (including phenoxy) is 1. The van der Waals surface area contributed by atoms with Gasteiger partial charge in [0.1, 0.15) is 12.4 Å². The lowest BCUT2D eigenvalue weighted by Crippen LogP contribution is -2.38. The van der Waals surface area contributed by atoms with Gasteiger partial charge in [0.2, 0.25) is 5.91 Å². The molecule has 4 rings (SSSR count). The van der Waals surface area contributed by atoms with E-state index in [-0.39, 0.29) is 5.91 Å². The van der Waals surface area contributed by atoms with Crippen LogP contribution < -0.4 is 10.1 Å². The summed E-state index contributed by atoms with van der Waals surface area (Å²) in [5.74, 6) is 1.76.